The van der Waals surface area contributed by atoms with Gasteiger partial charge in [0.1, 0.15) is 0 Å². The Balaban J connectivity index is 1.60. The summed E-state index contributed by atoms with van der Waals surface area (Å²) in [7, 11) is 5.51. The molecule has 0 saturated heterocycles. The molecule has 0 aliphatic heterocycles. The number of nitrogens with zero attached hydrogens (tertiary/aromatic N) is 6. The second kappa shape index (κ2) is 7.58. The molecular weight excluding hydrogens is 414 g/mol. The van der Waals surface area contributed by atoms with Crippen LogP contribution in [0, 0.1) is 13.8 Å². The molecule has 0 aliphatic rings. The summed E-state index contributed by atoms with van der Waals surface area (Å²) in [6.07, 6.45) is 1.95. The summed E-state index contributed by atoms with van der Waals surface area (Å²) < 4.78 is 5.14. The average molecular weight is 442 g/mol. The minimum absolute atomic E-state index is 0.0100. The molecule has 8 nitrogen and oxygen atoms in total. The Morgan fingerprint density at radius 2 is 1.64 bits per heavy atom. The zero-order chi connectivity index (χ0) is 23.4. The minimum Gasteiger partial charge on any atom is -0.362 e. The zero-order valence-corrected chi connectivity index (χ0v) is 19.7. The number of aryl methyl sites for hydroxylation is 4. The van der Waals surface area contributed by atoms with Crippen LogP contribution in [0.15, 0.2) is 47.4 Å². The Labute approximate surface area is 191 Å². The van der Waals surface area contributed by atoms with E-state index in [9.17, 15) is 4.79 Å². The van der Waals surface area contributed by atoms with E-state index in [1.54, 1.807) is 23.2 Å². The molecule has 0 radical (unpaired) electrons. The van der Waals surface area contributed by atoms with E-state index in [1.807, 2.05) is 43.0 Å². The van der Waals surface area contributed by atoms with E-state index < -0.39 is 0 Å². The minimum atomic E-state index is -0.0521. The van der Waals surface area contributed by atoms with Gasteiger partial charge in [-0.15, -0.1) is 5.10 Å². The van der Waals surface area contributed by atoms with Gasteiger partial charge in [-0.05, 0) is 50.1 Å². The third kappa shape index (κ3) is 3.29. The highest BCUT2D eigenvalue weighted by atomic mass is 16.1. The van der Waals surface area contributed by atoms with Gasteiger partial charge in [0.05, 0.1) is 28.5 Å². The van der Waals surface area contributed by atoms with Crippen LogP contribution in [0.25, 0.3) is 33.1 Å². The summed E-state index contributed by atoms with van der Waals surface area (Å²) in [6, 6.07) is 12.4. The van der Waals surface area contributed by atoms with Crippen LogP contribution in [0.2, 0.25) is 0 Å². The molecule has 1 N–H and O–H groups in total. The molecule has 1 atom stereocenters. The van der Waals surface area contributed by atoms with Crippen molar-refractivity contribution in [3.8, 4) is 11.3 Å². The number of nitrogens with one attached hydrogen (secondary N) is 1. The van der Waals surface area contributed by atoms with Crippen molar-refractivity contribution in [2.75, 3.05) is 5.32 Å². The van der Waals surface area contributed by atoms with Crippen LogP contribution in [0.4, 0.5) is 5.82 Å². The van der Waals surface area contributed by atoms with Crippen LogP contribution in [-0.4, -0.2) is 29.1 Å². The molecule has 3 aromatic heterocycles. The van der Waals surface area contributed by atoms with E-state index >= 15 is 0 Å². The van der Waals surface area contributed by atoms with Gasteiger partial charge in [0.25, 0.3) is 0 Å². The second-order valence-corrected chi connectivity index (χ2v) is 8.68. The van der Waals surface area contributed by atoms with E-state index in [1.165, 1.54) is 11.1 Å². The van der Waals surface area contributed by atoms with Gasteiger partial charge in [-0.25, -0.2) is 4.79 Å². The van der Waals surface area contributed by atoms with Crippen molar-refractivity contribution in [1.82, 2.24) is 29.1 Å². The lowest BCUT2D eigenvalue weighted by Crippen LogP contribution is -2.19. The van der Waals surface area contributed by atoms with Crippen LogP contribution in [0.5, 0.6) is 0 Å². The van der Waals surface area contributed by atoms with Gasteiger partial charge < -0.3 is 5.32 Å². The fourth-order valence-electron chi connectivity index (χ4n) is 4.62. The van der Waals surface area contributed by atoms with E-state index in [-0.39, 0.29) is 11.7 Å². The SMILES string of the molecule is Cc1c(-c2ccn(C)n2)cccc1[C@@H](C)Nc1nnc(C)c2cc3c(cc12)n(C)c(=O)n3C. The molecule has 0 spiro atoms. The molecular formula is C25H27N7O. The first kappa shape index (κ1) is 20.9. The Kier molecular flexibility index (Phi) is 4.81. The topological polar surface area (TPSA) is 82.6 Å². The lowest BCUT2D eigenvalue weighted by atomic mass is 9.96. The maximum atomic E-state index is 12.5. The molecule has 8 heteroatoms. The Morgan fingerprint density at radius 3 is 2.30 bits per heavy atom. The maximum absolute atomic E-state index is 12.5. The summed E-state index contributed by atoms with van der Waals surface area (Å²) in [5, 5.41) is 18.9. The average Bonchev–Trinajstić information content (AvgIpc) is 3.32. The number of hydrogen-bond donors (Lipinski definition) is 1. The highest BCUT2D eigenvalue weighted by molar-refractivity contribution is 6.01. The van der Waals surface area contributed by atoms with E-state index in [0.29, 0.717) is 5.82 Å². The summed E-state index contributed by atoms with van der Waals surface area (Å²) >= 11 is 0. The van der Waals surface area contributed by atoms with Crippen molar-refractivity contribution in [2.24, 2.45) is 21.1 Å². The Hall–Kier alpha value is -3.94. The number of benzene rings is 2. The van der Waals surface area contributed by atoms with Crippen molar-refractivity contribution in [1.29, 1.82) is 0 Å². The zero-order valence-electron chi connectivity index (χ0n) is 19.7. The third-order valence-electron chi connectivity index (χ3n) is 6.54. The fourth-order valence-corrected chi connectivity index (χ4v) is 4.62. The van der Waals surface area contributed by atoms with Crippen molar-refractivity contribution >= 4 is 27.6 Å². The molecule has 2 aromatic carbocycles. The first-order chi connectivity index (χ1) is 15.8. The molecule has 0 saturated carbocycles. The predicted molar refractivity (Wildman–Crippen MR) is 131 cm³/mol. The van der Waals surface area contributed by atoms with Gasteiger partial charge in [0, 0.05) is 43.7 Å². The highest BCUT2D eigenvalue weighted by Crippen LogP contribution is 2.32. The molecule has 0 amide bonds. The summed E-state index contributed by atoms with van der Waals surface area (Å²) in [6.45, 7) is 6.18. The summed E-state index contributed by atoms with van der Waals surface area (Å²) in [5.74, 6) is 0.698. The van der Waals surface area contributed by atoms with Crippen LogP contribution >= 0.6 is 0 Å². The first-order valence-corrected chi connectivity index (χ1v) is 10.9. The van der Waals surface area contributed by atoms with Gasteiger partial charge >= 0.3 is 5.69 Å². The third-order valence-corrected chi connectivity index (χ3v) is 6.54. The number of fused-ring (bicyclic) bond motifs is 2. The van der Waals surface area contributed by atoms with Gasteiger partial charge in [0.2, 0.25) is 0 Å². The summed E-state index contributed by atoms with van der Waals surface area (Å²) in [4.78, 5) is 12.5. The largest absolute Gasteiger partial charge is 0.362 e. The molecule has 0 unspecified atom stereocenters. The molecule has 5 rings (SSSR count). The van der Waals surface area contributed by atoms with E-state index in [0.717, 1.165) is 38.8 Å². The van der Waals surface area contributed by atoms with Crippen molar-refractivity contribution in [3.05, 3.63) is 69.9 Å². The summed E-state index contributed by atoms with van der Waals surface area (Å²) in [5.41, 5.74) is 6.93. The molecule has 0 fully saturated rings. The number of aromatic nitrogens is 6. The Morgan fingerprint density at radius 1 is 0.939 bits per heavy atom. The Bertz CT molecular complexity index is 1590. The maximum Gasteiger partial charge on any atom is 0.328 e. The monoisotopic (exact) mass is 441 g/mol. The lowest BCUT2D eigenvalue weighted by Gasteiger charge is -2.20. The molecule has 168 valence electrons. The molecule has 5 aromatic rings. The fraction of sp³-hybridized carbons (Fsp3) is 0.280. The number of hydrogen-bond acceptors (Lipinski definition) is 5. The standard InChI is InChI=1S/C25H27N7O/c1-14-17(8-7-9-18(14)21-10-11-30(4)29-21)15(2)26-24-20-13-23-22(31(5)25(33)32(23)6)12-19(20)16(3)27-28-24/h7-13,15H,1-6H3,(H,26,28)/t15-/m1/s1. The molecule has 3 heterocycles. The van der Waals surface area contributed by atoms with Crippen molar-refractivity contribution in [3.63, 3.8) is 0 Å². The first-order valence-electron chi connectivity index (χ1n) is 10.9. The second-order valence-electron chi connectivity index (χ2n) is 8.68. The highest BCUT2D eigenvalue weighted by Gasteiger charge is 2.18. The van der Waals surface area contributed by atoms with E-state index in [4.69, 9.17) is 0 Å². The normalized spacial score (nSPS) is 12.5. The van der Waals surface area contributed by atoms with Crippen LogP contribution in [-0.2, 0) is 21.1 Å². The lowest BCUT2D eigenvalue weighted by molar-refractivity contribution is 0.770. The van der Waals surface area contributed by atoms with Crippen molar-refractivity contribution < 1.29 is 0 Å². The number of anilines is 1. The molecule has 33 heavy (non-hydrogen) atoms. The smallest absolute Gasteiger partial charge is 0.328 e. The number of imidazole rings is 1. The van der Waals surface area contributed by atoms with Crippen LogP contribution in [0.3, 0.4) is 0 Å². The van der Waals surface area contributed by atoms with Crippen LogP contribution < -0.4 is 11.0 Å². The molecule has 0 aliphatic carbocycles. The van der Waals surface area contributed by atoms with E-state index in [2.05, 4.69) is 52.7 Å². The van der Waals surface area contributed by atoms with Gasteiger partial charge in [-0.3, -0.25) is 13.8 Å². The van der Waals surface area contributed by atoms with Gasteiger partial charge in [0.15, 0.2) is 5.82 Å². The molecule has 0 bridgehead atoms. The predicted octanol–water partition coefficient (Wildman–Crippen LogP) is 4.01. The quantitative estimate of drug-likeness (QED) is 0.456. The number of rotatable bonds is 4. The van der Waals surface area contributed by atoms with Crippen LogP contribution in [0.1, 0.15) is 29.8 Å². The van der Waals surface area contributed by atoms with Gasteiger partial charge in [-0.1, -0.05) is 18.2 Å². The van der Waals surface area contributed by atoms with Crippen molar-refractivity contribution in [2.45, 2.75) is 26.8 Å². The van der Waals surface area contributed by atoms with Gasteiger partial charge in [-0.2, -0.15) is 10.2 Å².